The van der Waals surface area contributed by atoms with E-state index >= 15 is 0 Å². The van der Waals surface area contributed by atoms with Gasteiger partial charge in [-0.25, -0.2) is 0 Å². The highest BCUT2D eigenvalue weighted by Crippen LogP contribution is 2.24. The van der Waals surface area contributed by atoms with Gasteiger partial charge in [-0.15, -0.1) is 0 Å². The van der Waals surface area contributed by atoms with Crippen LogP contribution in [0.15, 0.2) is 4.99 Å². The molecule has 0 aromatic heterocycles. The predicted molar refractivity (Wildman–Crippen MR) is 76.8 cm³/mol. The summed E-state index contributed by atoms with van der Waals surface area (Å²) in [5.74, 6) is 1.82. The second-order valence-electron chi connectivity index (χ2n) is 5.75. The maximum atomic E-state index is 4.78. The van der Waals surface area contributed by atoms with Crippen molar-refractivity contribution in [2.24, 2.45) is 10.9 Å². The molecular weight excluding hydrogens is 230 g/mol. The van der Waals surface area contributed by atoms with E-state index in [0.29, 0.717) is 24.0 Å². The first kappa shape index (κ1) is 13.2. The van der Waals surface area contributed by atoms with Gasteiger partial charge < -0.3 is 10.2 Å². The average Bonchev–Trinajstić information content (AvgIpc) is 2.72. The largest absolute Gasteiger partial charge is 0.362 e. The van der Waals surface area contributed by atoms with Crippen LogP contribution in [-0.2, 0) is 0 Å². The van der Waals surface area contributed by atoms with Gasteiger partial charge in [0.15, 0.2) is 5.17 Å². The van der Waals surface area contributed by atoms with Gasteiger partial charge in [-0.3, -0.25) is 4.99 Å². The van der Waals surface area contributed by atoms with Gasteiger partial charge in [0, 0.05) is 24.4 Å². The minimum atomic E-state index is 0.520. The molecule has 2 rings (SSSR count). The highest BCUT2D eigenvalue weighted by atomic mass is 32.2. The van der Waals surface area contributed by atoms with Crippen LogP contribution in [-0.4, -0.2) is 47.5 Å². The zero-order chi connectivity index (χ0) is 12.4. The van der Waals surface area contributed by atoms with E-state index in [2.05, 4.69) is 38.0 Å². The molecule has 17 heavy (non-hydrogen) atoms. The summed E-state index contributed by atoms with van der Waals surface area (Å²) in [5, 5.41) is 4.83. The van der Waals surface area contributed by atoms with Crippen molar-refractivity contribution in [1.82, 2.24) is 10.2 Å². The first-order valence-corrected chi connectivity index (χ1v) is 7.72. The lowest BCUT2D eigenvalue weighted by molar-refractivity contribution is 0.177. The second kappa shape index (κ2) is 5.61. The molecule has 3 nitrogen and oxygen atoms in total. The predicted octanol–water partition coefficient (Wildman–Crippen LogP) is 2.19. The Morgan fingerprint density at radius 1 is 1.47 bits per heavy atom. The number of piperidine rings is 1. The number of thioether (sulfide) groups is 1. The first-order valence-electron chi connectivity index (χ1n) is 6.73. The molecule has 0 bridgehead atoms. The third-order valence-corrected chi connectivity index (χ3v) is 4.98. The summed E-state index contributed by atoms with van der Waals surface area (Å²) in [6, 6.07) is 1.83. The van der Waals surface area contributed by atoms with Crippen molar-refractivity contribution in [3.8, 4) is 0 Å². The van der Waals surface area contributed by atoms with E-state index < -0.39 is 0 Å². The fourth-order valence-electron chi connectivity index (χ4n) is 2.41. The van der Waals surface area contributed by atoms with E-state index in [1.807, 2.05) is 11.8 Å². The molecule has 1 fully saturated rings. The topological polar surface area (TPSA) is 27.6 Å². The molecule has 3 atom stereocenters. The summed E-state index contributed by atoms with van der Waals surface area (Å²) in [5.41, 5.74) is 0. The summed E-state index contributed by atoms with van der Waals surface area (Å²) in [6.45, 7) is 8.03. The summed E-state index contributed by atoms with van der Waals surface area (Å²) >= 11 is 1.90. The van der Waals surface area contributed by atoms with E-state index in [1.54, 1.807) is 0 Å². The van der Waals surface area contributed by atoms with Crippen LogP contribution in [0.2, 0.25) is 0 Å². The third kappa shape index (κ3) is 3.38. The number of hydrogen-bond acceptors (Lipinski definition) is 4. The summed E-state index contributed by atoms with van der Waals surface area (Å²) in [7, 11) is 2.22. The molecule has 98 valence electrons. The molecule has 2 aliphatic heterocycles. The highest BCUT2D eigenvalue weighted by Gasteiger charge is 2.26. The molecule has 0 aromatic rings. The van der Waals surface area contributed by atoms with E-state index in [4.69, 9.17) is 4.99 Å². The number of aliphatic imine (C=N–C) groups is 1. The lowest BCUT2D eigenvalue weighted by Crippen LogP contribution is -2.46. The number of nitrogens with one attached hydrogen (secondary N) is 1. The number of nitrogens with zero attached hydrogens (tertiary/aromatic N) is 2. The van der Waals surface area contributed by atoms with Crippen molar-refractivity contribution in [2.45, 2.75) is 51.7 Å². The molecule has 0 saturated carbocycles. The van der Waals surface area contributed by atoms with Gasteiger partial charge in [-0.1, -0.05) is 25.6 Å². The molecule has 1 saturated heterocycles. The molecule has 2 aliphatic rings. The van der Waals surface area contributed by atoms with E-state index in [-0.39, 0.29) is 0 Å². The average molecular weight is 255 g/mol. The normalized spacial score (nSPS) is 35.1. The van der Waals surface area contributed by atoms with Gasteiger partial charge in [-0.2, -0.15) is 0 Å². The van der Waals surface area contributed by atoms with Crippen LogP contribution in [0.25, 0.3) is 0 Å². The molecular formula is C13H25N3S. The smallest absolute Gasteiger partial charge is 0.157 e. The summed E-state index contributed by atoms with van der Waals surface area (Å²) in [6.07, 6.45) is 2.48. The quantitative estimate of drug-likeness (QED) is 0.819. The van der Waals surface area contributed by atoms with Crippen molar-refractivity contribution in [2.75, 3.05) is 19.3 Å². The Kier molecular flexibility index (Phi) is 4.36. The second-order valence-corrected chi connectivity index (χ2v) is 6.76. The van der Waals surface area contributed by atoms with Crippen LogP contribution in [0.3, 0.4) is 0 Å². The van der Waals surface area contributed by atoms with Crippen LogP contribution in [0.1, 0.15) is 33.6 Å². The van der Waals surface area contributed by atoms with Crippen LogP contribution < -0.4 is 5.32 Å². The Morgan fingerprint density at radius 2 is 2.24 bits per heavy atom. The van der Waals surface area contributed by atoms with Crippen LogP contribution in [0, 0.1) is 5.92 Å². The van der Waals surface area contributed by atoms with Gasteiger partial charge in [-0.05, 0) is 32.7 Å². The Morgan fingerprint density at radius 3 is 2.82 bits per heavy atom. The standard InChI is InChI=1S/C13H25N3S/c1-9(2)12-8-17-13(15-12)14-11-5-6-16(4)10(3)7-11/h9-12H,5-8H2,1-4H3,(H,14,15). The van der Waals surface area contributed by atoms with Gasteiger partial charge in [0.1, 0.15) is 0 Å². The lowest BCUT2D eigenvalue weighted by Gasteiger charge is -2.35. The molecule has 0 aliphatic carbocycles. The minimum absolute atomic E-state index is 0.520. The summed E-state index contributed by atoms with van der Waals surface area (Å²) in [4.78, 5) is 7.22. The third-order valence-electron chi connectivity index (χ3n) is 3.98. The van der Waals surface area contributed by atoms with Crippen LogP contribution in [0.4, 0.5) is 0 Å². The Balaban J connectivity index is 1.84. The molecule has 2 heterocycles. The Labute approximate surface area is 109 Å². The molecule has 4 heteroatoms. The molecule has 1 N–H and O–H groups in total. The van der Waals surface area contributed by atoms with E-state index in [9.17, 15) is 0 Å². The Bertz CT molecular complexity index is 290. The Hall–Kier alpha value is -0.220. The van der Waals surface area contributed by atoms with Crippen molar-refractivity contribution < 1.29 is 0 Å². The number of amidine groups is 1. The number of likely N-dealkylation sites (tertiary alicyclic amines) is 1. The maximum absolute atomic E-state index is 4.78. The fraction of sp³-hybridized carbons (Fsp3) is 0.923. The van der Waals surface area contributed by atoms with Crippen LogP contribution >= 0.6 is 11.8 Å². The zero-order valence-electron chi connectivity index (χ0n) is 11.4. The van der Waals surface area contributed by atoms with Crippen molar-refractivity contribution in [3.63, 3.8) is 0 Å². The molecule has 0 spiro atoms. The maximum Gasteiger partial charge on any atom is 0.157 e. The number of hydrogen-bond donors (Lipinski definition) is 1. The monoisotopic (exact) mass is 255 g/mol. The van der Waals surface area contributed by atoms with Gasteiger partial charge in [0.2, 0.25) is 0 Å². The zero-order valence-corrected chi connectivity index (χ0v) is 12.3. The van der Waals surface area contributed by atoms with Crippen molar-refractivity contribution >= 4 is 16.9 Å². The van der Waals surface area contributed by atoms with Crippen LogP contribution in [0.5, 0.6) is 0 Å². The summed E-state index contributed by atoms with van der Waals surface area (Å²) < 4.78 is 0. The minimum Gasteiger partial charge on any atom is -0.362 e. The molecule has 0 radical (unpaired) electrons. The fourth-order valence-corrected chi connectivity index (χ4v) is 3.65. The van der Waals surface area contributed by atoms with Gasteiger partial charge >= 0.3 is 0 Å². The van der Waals surface area contributed by atoms with Gasteiger partial charge in [0.25, 0.3) is 0 Å². The molecule has 0 amide bonds. The highest BCUT2D eigenvalue weighted by molar-refractivity contribution is 8.14. The van der Waals surface area contributed by atoms with Gasteiger partial charge in [0.05, 0.1) is 6.04 Å². The van der Waals surface area contributed by atoms with E-state index in [0.717, 1.165) is 5.75 Å². The van der Waals surface area contributed by atoms with Crippen molar-refractivity contribution in [3.05, 3.63) is 0 Å². The number of rotatable bonds is 2. The first-order chi connectivity index (χ1) is 8.06. The lowest BCUT2D eigenvalue weighted by atomic mass is 9.99. The molecule has 0 aromatic carbocycles. The SMILES string of the molecule is CC(C)C1CSC(NC2CCN(C)C(C)C2)=N1. The van der Waals surface area contributed by atoms with Crippen molar-refractivity contribution in [1.29, 1.82) is 0 Å². The van der Waals surface area contributed by atoms with E-state index in [1.165, 1.54) is 24.6 Å². The molecule has 3 unspecified atom stereocenters.